The molecule has 1 aliphatic heterocycles. The van der Waals surface area contributed by atoms with Gasteiger partial charge >= 0.3 is 0 Å². The van der Waals surface area contributed by atoms with Crippen LogP contribution in [0.15, 0.2) is 12.2 Å². The zero-order valence-corrected chi connectivity index (χ0v) is 6.60. The number of ether oxygens (including phenoxy) is 1. The summed E-state index contributed by atoms with van der Waals surface area (Å²) in [5.41, 5.74) is 0. The first-order valence-electron chi connectivity index (χ1n) is 3.85. The van der Waals surface area contributed by atoms with E-state index in [1.54, 1.807) is 6.08 Å². The lowest BCUT2D eigenvalue weighted by Gasteiger charge is -2.19. The third kappa shape index (κ3) is 2.29. The number of aliphatic hydroxyl groups is 2. The summed E-state index contributed by atoms with van der Waals surface area (Å²) in [6, 6.07) is 0. The maximum atomic E-state index is 9.29. The second-order valence-corrected chi connectivity index (χ2v) is 2.82. The second kappa shape index (κ2) is 3.85. The highest BCUT2D eigenvalue weighted by Crippen LogP contribution is 2.12. The predicted molar refractivity (Wildman–Crippen MR) is 41.2 cm³/mol. The van der Waals surface area contributed by atoms with Gasteiger partial charge in [-0.1, -0.05) is 12.2 Å². The SMILES string of the molecule is CC1CC=C[C@H](O)[C@@H](CO)O1. The van der Waals surface area contributed by atoms with E-state index >= 15 is 0 Å². The van der Waals surface area contributed by atoms with Crippen molar-refractivity contribution < 1.29 is 14.9 Å². The fourth-order valence-electron chi connectivity index (χ4n) is 1.12. The van der Waals surface area contributed by atoms with E-state index in [1.807, 2.05) is 13.0 Å². The Balaban J connectivity index is 2.55. The molecule has 1 aliphatic rings. The van der Waals surface area contributed by atoms with Crippen molar-refractivity contribution >= 4 is 0 Å². The number of hydrogen-bond donors (Lipinski definition) is 2. The van der Waals surface area contributed by atoms with Crippen LogP contribution >= 0.6 is 0 Å². The summed E-state index contributed by atoms with van der Waals surface area (Å²) in [6.45, 7) is 1.79. The van der Waals surface area contributed by atoms with Crippen molar-refractivity contribution in [3.8, 4) is 0 Å². The van der Waals surface area contributed by atoms with E-state index in [-0.39, 0.29) is 12.7 Å². The summed E-state index contributed by atoms with van der Waals surface area (Å²) in [6.07, 6.45) is 3.32. The molecule has 3 nitrogen and oxygen atoms in total. The van der Waals surface area contributed by atoms with Crippen molar-refractivity contribution in [3.63, 3.8) is 0 Å². The maximum Gasteiger partial charge on any atom is 0.110 e. The molecule has 1 rings (SSSR count). The van der Waals surface area contributed by atoms with Crippen molar-refractivity contribution in [1.29, 1.82) is 0 Å². The van der Waals surface area contributed by atoms with E-state index in [2.05, 4.69) is 0 Å². The minimum atomic E-state index is -0.662. The first kappa shape index (κ1) is 8.71. The molecule has 0 fully saturated rings. The lowest BCUT2D eigenvalue weighted by Crippen LogP contribution is -2.32. The van der Waals surface area contributed by atoms with Crippen molar-refractivity contribution in [3.05, 3.63) is 12.2 Å². The van der Waals surface area contributed by atoms with Gasteiger partial charge in [-0.05, 0) is 13.3 Å². The van der Waals surface area contributed by atoms with Crippen LogP contribution in [-0.4, -0.2) is 35.1 Å². The highest BCUT2D eigenvalue weighted by molar-refractivity contribution is 4.96. The molecular weight excluding hydrogens is 144 g/mol. The largest absolute Gasteiger partial charge is 0.394 e. The smallest absolute Gasteiger partial charge is 0.110 e. The Morgan fingerprint density at radius 3 is 3.00 bits per heavy atom. The first-order valence-corrected chi connectivity index (χ1v) is 3.85. The molecule has 0 aromatic rings. The Labute approximate surface area is 66.3 Å². The Hall–Kier alpha value is -0.380. The first-order chi connectivity index (χ1) is 5.24. The molecule has 1 unspecified atom stereocenters. The van der Waals surface area contributed by atoms with Gasteiger partial charge in [0.05, 0.1) is 12.7 Å². The molecule has 0 aliphatic carbocycles. The zero-order valence-electron chi connectivity index (χ0n) is 6.60. The molecule has 2 N–H and O–H groups in total. The Kier molecular flexibility index (Phi) is 3.05. The zero-order chi connectivity index (χ0) is 8.27. The van der Waals surface area contributed by atoms with Crippen LogP contribution in [0.1, 0.15) is 13.3 Å². The topological polar surface area (TPSA) is 49.7 Å². The number of aliphatic hydroxyl groups excluding tert-OH is 2. The van der Waals surface area contributed by atoms with Gasteiger partial charge < -0.3 is 14.9 Å². The molecule has 3 heteroatoms. The second-order valence-electron chi connectivity index (χ2n) is 2.82. The van der Waals surface area contributed by atoms with Crippen molar-refractivity contribution in [2.24, 2.45) is 0 Å². The van der Waals surface area contributed by atoms with Gasteiger partial charge in [-0.2, -0.15) is 0 Å². The van der Waals surface area contributed by atoms with E-state index < -0.39 is 12.2 Å². The van der Waals surface area contributed by atoms with Gasteiger partial charge in [0.1, 0.15) is 12.2 Å². The van der Waals surface area contributed by atoms with E-state index in [0.29, 0.717) is 0 Å². The Morgan fingerprint density at radius 2 is 2.36 bits per heavy atom. The van der Waals surface area contributed by atoms with Crippen LogP contribution in [0.3, 0.4) is 0 Å². The van der Waals surface area contributed by atoms with Crippen molar-refractivity contribution in [2.45, 2.75) is 31.7 Å². The van der Waals surface area contributed by atoms with Crippen molar-refractivity contribution in [2.75, 3.05) is 6.61 Å². The standard InChI is InChI=1S/C8H14O3/c1-6-3-2-4-7(10)8(5-9)11-6/h2,4,6-10H,3,5H2,1H3/t6?,7-,8+/m0/s1. The lowest BCUT2D eigenvalue weighted by molar-refractivity contribution is -0.0724. The van der Waals surface area contributed by atoms with E-state index in [4.69, 9.17) is 9.84 Å². The Bertz CT molecular complexity index is 144. The molecule has 0 aromatic heterocycles. The molecule has 0 radical (unpaired) electrons. The van der Waals surface area contributed by atoms with Crippen LogP contribution in [0, 0.1) is 0 Å². The highest BCUT2D eigenvalue weighted by atomic mass is 16.5. The predicted octanol–water partition coefficient (Wildman–Crippen LogP) is 0.0732. The fourth-order valence-corrected chi connectivity index (χ4v) is 1.12. The van der Waals surface area contributed by atoms with Crippen LogP contribution in [0.4, 0.5) is 0 Å². The molecular formula is C8H14O3. The molecule has 64 valence electrons. The summed E-state index contributed by atoms with van der Waals surface area (Å²) in [7, 11) is 0. The van der Waals surface area contributed by atoms with Crippen LogP contribution in [0.5, 0.6) is 0 Å². The molecule has 0 spiro atoms. The summed E-state index contributed by atoms with van der Waals surface area (Å²) in [4.78, 5) is 0. The summed E-state index contributed by atoms with van der Waals surface area (Å²) >= 11 is 0. The lowest BCUT2D eigenvalue weighted by atomic mass is 10.2. The van der Waals surface area contributed by atoms with Gasteiger partial charge in [0.15, 0.2) is 0 Å². The maximum absolute atomic E-state index is 9.29. The highest BCUT2D eigenvalue weighted by Gasteiger charge is 2.21. The quantitative estimate of drug-likeness (QED) is 0.531. The molecule has 0 aromatic carbocycles. The average molecular weight is 158 g/mol. The van der Waals surface area contributed by atoms with Crippen LogP contribution in [-0.2, 0) is 4.74 Å². The number of rotatable bonds is 1. The van der Waals surface area contributed by atoms with Gasteiger partial charge in [-0.15, -0.1) is 0 Å². The molecule has 11 heavy (non-hydrogen) atoms. The van der Waals surface area contributed by atoms with Gasteiger partial charge in [-0.25, -0.2) is 0 Å². The van der Waals surface area contributed by atoms with Crippen molar-refractivity contribution in [1.82, 2.24) is 0 Å². The normalized spacial score (nSPS) is 38.6. The van der Waals surface area contributed by atoms with E-state index in [1.165, 1.54) is 0 Å². The minimum Gasteiger partial charge on any atom is -0.394 e. The monoisotopic (exact) mass is 158 g/mol. The molecule has 0 bridgehead atoms. The fraction of sp³-hybridized carbons (Fsp3) is 0.750. The van der Waals surface area contributed by atoms with Crippen LogP contribution in [0.2, 0.25) is 0 Å². The minimum absolute atomic E-state index is 0.0838. The third-order valence-electron chi connectivity index (χ3n) is 1.77. The number of hydrogen-bond acceptors (Lipinski definition) is 3. The van der Waals surface area contributed by atoms with Gasteiger partial charge in [0.25, 0.3) is 0 Å². The van der Waals surface area contributed by atoms with E-state index in [0.717, 1.165) is 6.42 Å². The van der Waals surface area contributed by atoms with Gasteiger partial charge in [-0.3, -0.25) is 0 Å². The van der Waals surface area contributed by atoms with E-state index in [9.17, 15) is 5.11 Å². The summed E-state index contributed by atoms with van der Waals surface area (Å²) in [5, 5.41) is 18.1. The average Bonchev–Trinajstić information content (AvgIpc) is 2.13. The van der Waals surface area contributed by atoms with Crippen LogP contribution < -0.4 is 0 Å². The summed E-state index contributed by atoms with van der Waals surface area (Å²) < 4.78 is 5.31. The molecule has 0 saturated carbocycles. The Morgan fingerprint density at radius 1 is 1.64 bits per heavy atom. The van der Waals surface area contributed by atoms with Gasteiger partial charge in [0, 0.05) is 0 Å². The molecule has 0 saturated heterocycles. The van der Waals surface area contributed by atoms with Crippen LogP contribution in [0.25, 0.3) is 0 Å². The molecule has 0 amide bonds. The summed E-state index contributed by atoms with van der Waals surface area (Å²) in [5.74, 6) is 0. The van der Waals surface area contributed by atoms with Gasteiger partial charge in [0.2, 0.25) is 0 Å². The molecule has 3 atom stereocenters. The molecule has 1 heterocycles. The third-order valence-corrected chi connectivity index (χ3v) is 1.77.